The number of rotatable bonds is 12. The molecule has 0 radical (unpaired) electrons. The Balaban J connectivity index is 3.05. The fourth-order valence-electron chi connectivity index (χ4n) is 3.24. The van der Waals surface area contributed by atoms with Crippen molar-refractivity contribution in [2.75, 3.05) is 0 Å². The van der Waals surface area contributed by atoms with Crippen molar-refractivity contribution in [2.24, 2.45) is 11.8 Å². The maximum absolute atomic E-state index is 13.0. The molecule has 1 N–H and O–H groups in total. The minimum atomic E-state index is -0.458. The van der Waals surface area contributed by atoms with Crippen LogP contribution in [0.4, 0.5) is 0 Å². The molecule has 0 aromatic heterocycles. The second-order valence-electron chi connectivity index (χ2n) is 8.39. The van der Waals surface area contributed by atoms with E-state index in [9.17, 15) is 9.90 Å². The van der Waals surface area contributed by atoms with E-state index in [4.69, 9.17) is 4.74 Å². The van der Waals surface area contributed by atoms with E-state index in [0.717, 1.165) is 44.1 Å². The first-order chi connectivity index (χ1) is 12.8. The summed E-state index contributed by atoms with van der Waals surface area (Å²) in [7, 11) is 0. The summed E-state index contributed by atoms with van der Waals surface area (Å²) in [6, 6.07) is 6.03. The van der Waals surface area contributed by atoms with Crippen LogP contribution in [0, 0.1) is 11.8 Å². The summed E-state index contributed by atoms with van der Waals surface area (Å²) in [4.78, 5) is 13.0. The Morgan fingerprint density at radius 1 is 1.00 bits per heavy atom. The van der Waals surface area contributed by atoms with Crippen LogP contribution in [0.3, 0.4) is 0 Å². The largest absolute Gasteiger partial charge is 0.458 e. The van der Waals surface area contributed by atoms with Gasteiger partial charge in [-0.05, 0) is 54.7 Å². The lowest BCUT2D eigenvalue weighted by Gasteiger charge is -2.26. The molecule has 3 nitrogen and oxygen atoms in total. The van der Waals surface area contributed by atoms with E-state index in [-0.39, 0.29) is 23.9 Å². The standard InChI is InChI=1S/C24H40O3/c1-7-9-12-19-13-11-15-21(20(19)14-10-8-2)24(26)27-23(18(5)6)16-22(25)17(3)4/h11,13,15,17-18,22-23,25H,7-10,12,14,16H2,1-6H3. The van der Waals surface area contributed by atoms with Crippen LogP contribution in [0.15, 0.2) is 18.2 Å². The number of unbranched alkanes of at least 4 members (excludes halogenated alkanes) is 2. The zero-order chi connectivity index (χ0) is 20.4. The lowest BCUT2D eigenvalue weighted by molar-refractivity contribution is -0.00734. The van der Waals surface area contributed by atoms with Crippen molar-refractivity contribution in [3.05, 3.63) is 34.9 Å². The summed E-state index contributed by atoms with van der Waals surface area (Å²) >= 11 is 0. The number of carbonyl (C=O) groups is 1. The molecule has 1 rings (SSSR count). The highest BCUT2D eigenvalue weighted by Crippen LogP contribution is 2.24. The highest BCUT2D eigenvalue weighted by atomic mass is 16.5. The first-order valence-electron chi connectivity index (χ1n) is 10.8. The van der Waals surface area contributed by atoms with Crippen LogP contribution in [0.5, 0.6) is 0 Å². The molecule has 0 bridgehead atoms. The predicted octanol–water partition coefficient (Wildman–Crippen LogP) is 5.96. The van der Waals surface area contributed by atoms with E-state index >= 15 is 0 Å². The molecule has 27 heavy (non-hydrogen) atoms. The second kappa shape index (κ2) is 12.2. The van der Waals surface area contributed by atoms with Gasteiger partial charge in [-0.3, -0.25) is 0 Å². The monoisotopic (exact) mass is 376 g/mol. The van der Waals surface area contributed by atoms with Gasteiger partial charge in [-0.2, -0.15) is 0 Å². The number of benzene rings is 1. The zero-order valence-electron chi connectivity index (χ0n) is 18.3. The van der Waals surface area contributed by atoms with Gasteiger partial charge in [-0.15, -0.1) is 0 Å². The van der Waals surface area contributed by atoms with Crippen LogP contribution in [0.2, 0.25) is 0 Å². The summed E-state index contributed by atoms with van der Waals surface area (Å²) in [6.07, 6.45) is 6.14. The molecular formula is C24H40O3. The molecule has 1 aromatic rings. The van der Waals surface area contributed by atoms with Crippen molar-refractivity contribution in [3.8, 4) is 0 Å². The minimum absolute atomic E-state index is 0.155. The Bertz CT molecular complexity index is 563. The lowest BCUT2D eigenvalue weighted by Crippen LogP contribution is -2.31. The maximum Gasteiger partial charge on any atom is 0.338 e. The molecule has 0 heterocycles. The fraction of sp³-hybridized carbons (Fsp3) is 0.708. The third-order valence-electron chi connectivity index (χ3n) is 5.32. The molecule has 0 aliphatic carbocycles. The van der Waals surface area contributed by atoms with E-state index in [0.29, 0.717) is 12.0 Å². The minimum Gasteiger partial charge on any atom is -0.458 e. The third kappa shape index (κ3) is 7.65. The van der Waals surface area contributed by atoms with Gasteiger partial charge in [0.25, 0.3) is 0 Å². The summed E-state index contributed by atoms with van der Waals surface area (Å²) in [5.41, 5.74) is 3.15. The molecule has 0 amide bonds. The van der Waals surface area contributed by atoms with Gasteiger partial charge >= 0.3 is 5.97 Å². The van der Waals surface area contributed by atoms with Gasteiger partial charge in [0.2, 0.25) is 0 Å². The van der Waals surface area contributed by atoms with Gasteiger partial charge in [0.05, 0.1) is 11.7 Å². The predicted molar refractivity (Wildman–Crippen MR) is 113 cm³/mol. The van der Waals surface area contributed by atoms with Crippen molar-refractivity contribution >= 4 is 5.97 Å². The van der Waals surface area contributed by atoms with Crippen molar-refractivity contribution in [2.45, 2.75) is 98.7 Å². The van der Waals surface area contributed by atoms with Gasteiger partial charge in [-0.25, -0.2) is 4.79 Å². The molecule has 0 fully saturated rings. The summed E-state index contributed by atoms with van der Waals surface area (Å²) < 4.78 is 5.90. The maximum atomic E-state index is 13.0. The number of hydrogen-bond acceptors (Lipinski definition) is 3. The topological polar surface area (TPSA) is 46.5 Å². The zero-order valence-corrected chi connectivity index (χ0v) is 18.3. The van der Waals surface area contributed by atoms with E-state index in [1.165, 1.54) is 5.56 Å². The van der Waals surface area contributed by atoms with Crippen molar-refractivity contribution in [1.82, 2.24) is 0 Å². The first-order valence-corrected chi connectivity index (χ1v) is 10.8. The molecule has 0 saturated carbocycles. The first kappa shape index (κ1) is 23.7. The quantitative estimate of drug-likeness (QED) is 0.458. The highest BCUT2D eigenvalue weighted by molar-refractivity contribution is 5.91. The smallest absolute Gasteiger partial charge is 0.338 e. The molecule has 154 valence electrons. The number of hydrogen-bond donors (Lipinski definition) is 1. The average molecular weight is 377 g/mol. The molecule has 0 saturated heterocycles. The number of carbonyl (C=O) groups excluding carboxylic acids is 1. The number of esters is 1. The molecule has 0 aliphatic heterocycles. The lowest BCUT2D eigenvalue weighted by atomic mass is 9.92. The van der Waals surface area contributed by atoms with E-state index in [1.54, 1.807) is 0 Å². The number of ether oxygens (including phenoxy) is 1. The molecule has 1 aromatic carbocycles. The van der Waals surface area contributed by atoms with Gasteiger partial charge in [0, 0.05) is 6.42 Å². The summed E-state index contributed by atoms with van der Waals surface area (Å²) in [6.45, 7) is 12.4. The molecule has 0 aliphatic rings. The molecule has 2 atom stereocenters. The van der Waals surface area contributed by atoms with Crippen LogP contribution >= 0.6 is 0 Å². The second-order valence-corrected chi connectivity index (χ2v) is 8.39. The van der Waals surface area contributed by atoms with Crippen LogP contribution in [-0.2, 0) is 17.6 Å². The third-order valence-corrected chi connectivity index (χ3v) is 5.32. The van der Waals surface area contributed by atoms with Gasteiger partial charge in [-0.1, -0.05) is 66.5 Å². The summed E-state index contributed by atoms with van der Waals surface area (Å²) in [5.74, 6) is 0.0845. The molecule has 2 unspecified atom stereocenters. The number of aliphatic hydroxyl groups excluding tert-OH is 1. The Kier molecular flexibility index (Phi) is 10.7. The van der Waals surface area contributed by atoms with E-state index < -0.39 is 6.10 Å². The van der Waals surface area contributed by atoms with Gasteiger partial charge in [0.1, 0.15) is 6.10 Å². The average Bonchev–Trinajstić information content (AvgIpc) is 2.63. The van der Waals surface area contributed by atoms with E-state index in [2.05, 4.69) is 19.9 Å². The Morgan fingerprint density at radius 2 is 1.63 bits per heavy atom. The SMILES string of the molecule is CCCCc1cccc(C(=O)OC(CC(O)C(C)C)C(C)C)c1CCCC. The van der Waals surface area contributed by atoms with E-state index in [1.807, 2.05) is 39.8 Å². The van der Waals surface area contributed by atoms with Crippen LogP contribution in [0.1, 0.15) is 95.1 Å². The Hall–Kier alpha value is -1.35. The number of aryl methyl sites for hydroxylation is 1. The van der Waals surface area contributed by atoms with Crippen molar-refractivity contribution < 1.29 is 14.6 Å². The van der Waals surface area contributed by atoms with Crippen LogP contribution in [-0.4, -0.2) is 23.3 Å². The van der Waals surface area contributed by atoms with Crippen molar-refractivity contribution in [3.63, 3.8) is 0 Å². The van der Waals surface area contributed by atoms with Gasteiger partial charge < -0.3 is 9.84 Å². The molecule has 0 spiro atoms. The Labute approximate surface area is 166 Å². The normalized spacial score (nSPS) is 13.8. The highest BCUT2D eigenvalue weighted by Gasteiger charge is 2.25. The van der Waals surface area contributed by atoms with Crippen LogP contribution in [0.25, 0.3) is 0 Å². The van der Waals surface area contributed by atoms with Crippen LogP contribution < -0.4 is 0 Å². The number of aliphatic hydroxyl groups is 1. The van der Waals surface area contributed by atoms with Crippen molar-refractivity contribution in [1.29, 1.82) is 0 Å². The molecule has 3 heteroatoms. The van der Waals surface area contributed by atoms with Gasteiger partial charge in [0.15, 0.2) is 0 Å². The molecular weight excluding hydrogens is 336 g/mol. The Morgan fingerprint density at radius 3 is 2.19 bits per heavy atom. The summed E-state index contributed by atoms with van der Waals surface area (Å²) in [5, 5.41) is 10.2. The fourth-order valence-corrected chi connectivity index (χ4v) is 3.24.